The average Bonchev–Trinajstić information content (AvgIpc) is 2.54. The Morgan fingerprint density at radius 3 is 1.87 bits per heavy atom. The summed E-state index contributed by atoms with van der Waals surface area (Å²) in [6.07, 6.45) is -0.441. The monoisotopic (exact) mass is 384 g/mol. The van der Waals surface area contributed by atoms with Crippen LogP contribution in [0.15, 0.2) is 28.7 Å². The van der Waals surface area contributed by atoms with Gasteiger partial charge in [0, 0.05) is 16.5 Å². The van der Waals surface area contributed by atoms with Gasteiger partial charge >= 0.3 is 11.9 Å². The summed E-state index contributed by atoms with van der Waals surface area (Å²) >= 11 is 3.24. The number of rotatable bonds is 7. The second kappa shape index (κ2) is 8.01. The Balaban J connectivity index is 3.42. The first-order valence-corrected chi connectivity index (χ1v) is 7.55. The number of methoxy groups -OCH3 is 2. The Morgan fingerprint density at radius 2 is 1.48 bits per heavy atom. The summed E-state index contributed by atoms with van der Waals surface area (Å²) in [5.74, 6) is -3.10. The molecule has 0 fully saturated rings. The molecule has 0 atom stereocenters. The maximum absolute atomic E-state index is 12.9. The highest BCUT2D eigenvalue weighted by Gasteiger charge is 2.55. The zero-order valence-corrected chi connectivity index (χ0v) is 14.6. The first-order chi connectivity index (χ1) is 10.8. The number of carbonyl (C=O) groups is 4. The molecule has 0 spiro atoms. The van der Waals surface area contributed by atoms with Crippen molar-refractivity contribution >= 4 is 39.4 Å². The Labute approximate surface area is 142 Å². The lowest BCUT2D eigenvalue weighted by atomic mass is 9.76. The molecule has 0 unspecified atom stereocenters. The fourth-order valence-corrected chi connectivity index (χ4v) is 2.41. The van der Waals surface area contributed by atoms with E-state index in [-0.39, 0.29) is 24.2 Å². The molecule has 0 saturated carbocycles. The van der Waals surface area contributed by atoms with Crippen LogP contribution in [0, 0.1) is 5.41 Å². The molecule has 0 aromatic heterocycles. The number of hydrogen-bond donors (Lipinski definition) is 0. The topological polar surface area (TPSA) is 86.7 Å². The number of Topliss-reactive ketones (excluding diaryl/α,β-unsaturated/α-hetero) is 2. The van der Waals surface area contributed by atoms with Crippen molar-refractivity contribution in [3.63, 3.8) is 0 Å². The van der Waals surface area contributed by atoms with Crippen LogP contribution < -0.4 is 0 Å². The highest BCUT2D eigenvalue weighted by molar-refractivity contribution is 9.10. The number of ketones is 2. The Morgan fingerprint density at radius 1 is 1.00 bits per heavy atom. The van der Waals surface area contributed by atoms with E-state index in [0.717, 1.165) is 18.7 Å². The number of ether oxygens (including phenoxy) is 2. The van der Waals surface area contributed by atoms with E-state index < -0.39 is 23.1 Å². The zero-order valence-electron chi connectivity index (χ0n) is 13.1. The number of benzene rings is 1. The van der Waals surface area contributed by atoms with E-state index in [1.54, 1.807) is 12.1 Å². The summed E-state index contributed by atoms with van der Waals surface area (Å²) in [6, 6.07) is 6.16. The number of carbonyl (C=O) groups excluding carboxylic acids is 4. The molecule has 0 radical (unpaired) electrons. The number of esters is 2. The van der Waals surface area contributed by atoms with Gasteiger partial charge in [-0.25, -0.2) is 0 Å². The number of hydrogen-bond acceptors (Lipinski definition) is 6. The molecule has 1 rings (SSSR count). The van der Waals surface area contributed by atoms with Crippen molar-refractivity contribution in [2.45, 2.75) is 19.8 Å². The molecule has 0 aliphatic carbocycles. The van der Waals surface area contributed by atoms with Gasteiger partial charge in [0.15, 0.2) is 5.78 Å². The van der Waals surface area contributed by atoms with Gasteiger partial charge in [0.25, 0.3) is 0 Å². The average molecular weight is 385 g/mol. The molecule has 0 heterocycles. The van der Waals surface area contributed by atoms with Crippen LogP contribution in [0.3, 0.4) is 0 Å². The molecule has 124 valence electrons. The van der Waals surface area contributed by atoms with E-state index in [1.807, 2.05) is 0 Å². The lowest BCUT2D eigenvalue weighted by molar-refractivity contribution is -0.165. The van der Waals surface area contributed by atoms with Crippen LogP contribution in [-0.2, 0) is 23.9 Å². The highest BCUT2D eigenvalue weighted by atomic mass is 79.9. The lowest BCUT2D eigenvalue weighted by Crippen LogP contribution is -2.48. The quantitative estimate of drug-likeness (QED) is 0.407. The van der Waals surface area contributed by atoms with Gasteiger partial charge in [-0.1, -0.05) is 28.1 Å². The molecule has 6 nitrogen and oxygen atoms in total. The first kappa shape index (κ1) is 19.0. The maximum Gasteiger partial charge on any atom is 0.331 e. The molecule has 1 aromatic rings. The van der Waals surface area contributed by atoms with Crippen molar-refractivity contribution in [3.8, 4) is 0 Å². The summed E-state index contributed by atoms with van der Waals surface area (Å²) in [4.78, 5) is 48.7. The summed E-state index contributed by atoms with van der Waals surface area (Å²) in [5, 5.41) is 0. The maximum atomic E-state index is 12.9. The van der Waals surface area contributed by atoms with Crippen molar-refractivity contribution in [1.82, 2.24) is 0 Å². The van der Waals surface area contributed by atoms with Crippen LogP contribution in [0.4, 0.5) is 0 Å². The Hall–Kier alpha value is -2.02. The van der Waals surface area contributed by atoms with Crippen molar-refractivity contribution in [1.29, 1.82) is 0 Å². The van der Waals surface area contributed by atoms with Crippen LogP contribution >= 0.6 is 15.9 Å². The van der Waals surface area contributed by atoms with Crippen LogP contribution in [0.2, 0.25) is 0 Å². The van der Waals surface area contributed by atoms with Gasteiger partial charge in [0.1, 0.15) is 5.78 Å². The predicted octanol–water partition coefficient (Wildman–Crippen LogP) is 2.33. The van der Waals surface area contributed by atoms with Crippen molar-refractivity contribution in [3.05, 3.63) is 34.3 Å². The third-order valence-corrected chi connectivity index (χ3v) is 3.94. The molecule has 23 heavy (non-hydrogen) atoms. The summed E-state index contributed by atoms with van der Waals surface area (Å²) in [6.45, 7) is 1.31. The summed E-state index contributed by atoms with van der Waals surface area (Å²) < 4.78 is 10.0. The smallest absolute Gasteiger partial charge is 0.331 e. The van der Waals surface area contributed by atoms with Gasteiger partial charge in [-0.2, -0.15) is 0 Å². The van der Waals surface area contributed by atoms with Gasteiger partial charge in [0.05, 0.1) is 14.2 Å². The standard InChI is InChI=1S/C16H17BrO6/c1-10(18)8-9-16(14(20)22-2,15(21)23-3)13(19)11-4-6-12(17)7-5-11/h4-7H,8-9H2,1-3H3. The fourth-order valence-electron chi connectivity index (χ4n) is 2.15. The van der Waals surface area contributed by atoms with Gasteiger partial charge in [-0.05, 0) is 25.5 Å². The molecule has 0 aliphatic rings. The Kier molecular flexibility index (Phi) is 6.62. The molecule has 0 aliphatic heterocycles. The van der Waals surface area contributed by atoms with Crippen LogP contribution in [0.1, 0.15) is 30.1 Å². The van der Waals surface area contributed by atoms with Gasteiger partial charge in [-0.15, -0.1) is 0 Å². The fraction of sp³-hybridized carbons (Fsp3) is 0.375. The van der Waals surface area contributed by atoms with Gasteiger partial charge in [0.2, 0.25) is 5.41 Å². The van der Waals surface area contributed by atoms with Crippen LogP contribution in [-0.4, -0.2) is 37.7 Å². The van der Waals surface area contributed by atoms with E-state index in [9.17, 15) is 19.2 Å². The van der Waals surface area contributed by atoms with E-state index in [0.29, 0.717) is 0 Å². The SMILES string of the molecule is COC(=O)C(CCC(C)=O)(C(=O)OC)C(=O)c1ccc(Br)cc1. The van der Waals surface area contributed by atoms with Gasteiger partial charge < -0.3 is 14.3 Å². The molecular formula is C16H17BrO6. The second-order valence-electron chi connectivity index (χ2n) is 4.93. The molecule has 0 N–H and O–H groups in total. The van der Waals surface area contributed by atoms with E-state index in [2.05, 4.69) is 25.4 Å². The number of halogens is 1. The largest absolute Gasteiger partial charge is 0.468 e. The summed E-state index contributed by atoms with van der Waals surface area (Å²) in [5.41, 5.74) is -2.05. The third-order valence-electron chi connectivity index (χ3n) is 3.41. The third kappa shape index (κ3) is 4.04. The Bertz CT molecular complexity index is 604. The van der Waals surface area contributed by atoms with E-state index in [4.69, 9.17) is 0 Å². The van der Waals surface area contributed by atoms with Crippen molar-refractivity contribution in [2.75, 3.05) is 14.2 Å². The van der Waals surface area contributed by atoms with Gasteiger partial charge in [-0.3, -0.25) is 14.4 Å². The molecule has 0 saturated heterocycles. The van der Waals surface area contributed by atoms with E-state index in [1.165, 1.54) is 19.1 Å². The molecule has 0 bridgehead atoms. The second-order valence-corrected chi connectivity index (χ2v) is 5.84. The normalized spacial score (nSPS) is 10.8. The van der Waals surface area contributed by atoms with Crippen molar-refractivity contribution < 1.29 is 28.7 Å². The molecule has 0 amide bonds. The predicted molar refractivity (Wildman–Crippen MR) is 84.9 cm³/mol. The zero-order chi connectivity index (χ0) is 17.6. The molecule has 7 heteroatoms. The first-order valence-electron chi connectivity index (χ1n) is 6.76. The molecular weight excluding hydrogens is 368 g/mol. The van der Waals surface area contributed by atoms with Crippen LogP contribution in [0.25, 0.3) is 0 Å². The lowest BCUT2D eigenvalue weighted by Gasteiger charge is -2.26. The minimum atomic E-state index is -2.19. The molecule has 1 aromatic carbocycles. The minimum absolute atomic E-state index is 0.132. The van der Waals surface area contributed by atoms with E-state index >= 15 is 0 Å². The summed E-state index contributed by atoms with van der Waals surface area (Å²) in [7, 11) is 2.14. The van der Waals surface area contributed by atoms with Crippen molar-refractivity contribution in [2.24, 2.45) is 5.41 Å². The highest BCUT2D eigenvalue weighted by Crippen LogP contribution is 2.33. The van der Waals surface area contributed by atoms with Crippen LogP contribution in [0.5, 0.6) is 0 Å². The minimum Gasteiger partial charge on any atom is -0.468 e.